The number of nitrogens with zero attached hydrogens (tertiary/aromatic N) is 4. The van der Waals surface area contributed by atoms with Crippen LogP contribution in [0.2, 0.25) is 0 Å². The van der Waals surface area contributed by atoms with Gasteiger partial charge in [0.2, 0.25) is 11.8 Å². The minimum atomic E-state index is -0.668. The maximum Gasteiger partial charge on any atom is 0.407 e. The number of alkyl carbamates (subject to hydrolysis) is 2. The fourth-order valence-electron chi connectivity index (χ4n) is 9.21. The van der Waals surface area contributed by atoms with E-state index in [0.29, 0.717) is 26.2 Å². The summed E-state index contributed by atoms with van der Waals surface area (Å²) in [5, 5.41) is 5.62. The van der Waals surface area contributed by atoms with Gasteiger partial charge in [-0.25, -0.2) is 19.6 Å². The summed E-state index contributed by atoms with van der Waals surface area (Å²) >= 11 is 0. The average molecular weight is 807 g/mol. The quantitative estimate of drug-likeness (QED) is 0.156. The maximum atomic E-state index is 13.8. The molecule has 2 saturated heterocycles. The minimum Gasteiger partial charge on any atom is -0.453 e. The molecule has 0 radical (unpaired) electrons. The molecule has 2 aromatic carbocycles. The van der Waals surface area contributed by atoms with E-state index in [4.69, 9.17) is 24.2 Å². The second-order valence-electron chi connectivity index (χ2n) is 16.1. The number of H-pyrrole nitrogens is 2. The molecule has 59 heavy (non-hydrogen) atoms. The third-order valence-electron chi connectivity index (χ3n) is 12.4. The Labute approximate surface area is 344 Å². The molecule has 4 aromatic rings. The van der Waals surface area contributed by atoms with Crippen LogP contribution in [-0.2, 0) is 30.4 Å². The van der Waals surface area contributed by atoms with Crippen LogP contribution in [0, 0.1) is 5.92 Å². The Bertz CT molecular complexity index is 2110. The summed E-state index contributed by atoms with van der Waals surface area (Å²) in [6.07, 6.45) is 9.28. The third kappa shape index (κ3) is 8.85. The van der Waals surface area contributed by atoms with Gasteiger partial charge in [0.1, 0.15) is 17.7 Å². The van der Waals surface area contributed by atoms with Crippen molar-refractivity contribution in [3.8, 4) is 33.6 Å². The molecule has 15 nitrogen and oxygen atoms in total. The normalized spacial score (nSPS) is 23.7. The van der Waals surface area contributed by atoms with E-state index in [-0.39, 0.29) is 35.9 Å². The van der Waals surface area contributed by atoms with E-state index >= 15 is 0 Å². The molecule has 4 aliphatic rings. The number of hydrogen-bond acceptors (Lipinski definition) is 9. The molecular weight excluding hydrogens is 753 g/mol. The van der Waals surface area contributed by atoms with Crippen LogP contribution in [-0.4, -0.2) is 99.7 Å². The van der Waals surface area contributed by atoms with Gasteiger partial charge in [0, 0.05) is 37.2 Å². The Kier molecular flexibility index (Phi) is 12.3. The number of hydrogen-bond donors (Lipinski definition) is 4. The lowest BCUT2D eigenvalue weighted by Crippen LogP contribution is -2.48. The van der Waals surface area contributed by atoms with Gasteiger partial charge < -0.3 is 44.6 Å². The van der Waals surface area contributed by atoms with Crippen LogP contribution in [0.15, 0.2) is 54.7 Å². The smallest absolute Gasteiger partial charge is 0.407 e. The standard InChI is InChI=1S/C44H54N8O7/c1-57-43(55)46-32-20-18-31(19-21-32)41(53)51-22-5-8-36(51)39-45-25-34(47-39)29-14-10-27(11-15-29)28-12-16-30(17-13-28)38-35-26-59-24-4-3-7-33(49-44(56)58-2)42(54)52-23-6-9-37(52)40(48-35)50-38/h10-17,25,31-33,36-37H,3-9,18-24,26H2,1-2H3,(H,45,47)(H,46,55)(H,48,50)(H,49,56)/t31?,32?,33-,36-,37-/m0/s1. The summed E-state index contributed by atoms with van der Waals surface area (Å²) in [5.41, 5.74) is 6.68. The number of imidazole rings is 2. The molecule has 1 aliphatic carbocycles. The van der Waals surface area contributed by atoms with Crippen molar-refractivity contribution in [2.24, 2.45) is 5.92 Å². The monoisotopic (exact) mass is 806 g/mol. The first kappa shape index (κ1) is 40.1. The van der Waals surface area contributed by atoms with Gasteiger partial charge in [-0.3, -0.25) is 9.59 Å². The van der Waals surface area contributed by atoms with Crippen molar-refractivity contribution in [1.29, 1.82) is 0 Å². The van der Waals surface area contributed by atoms with Gasteiger partial charge in [-0.05, 0) is 87.3 Å². The van der Waals surface area contributed by atoms with Crippen molar-refractivity contribution in [3.05, 3.63) is 72.1 Å². The number of aromatic amines is 2. The minimum absolute atomic E-state index is 0.0452. The summed E-state index contributed by atoms with van der Waals surface area (Å²) in [7, 11) is 2.67. The Balaban J connectivity index is 0.932. The highest BCUT2D eigenvalue weighted by molar-refractivity contribution is 5.86. The van der Waals surface area contributed by atoms with Crippen LogP contribution in [0.1, 0.15) is 100 Å². The fourth-order valence-corrected chi connectivity index (χ4v) is 9.21. The summed E-state index contributed by atoms with van der Waals surface area (Å²) in [5.74, 6) is 1.56. The molecule has 1 saturated carbocycles. The van der Waals surface area contributed by atoms with E-state index < -0.39 is 18.2 Å². The molecule has 3 fully saturated rings. The van der Waals surface area contributed by atoms with Crippen molar-refractivity contribution in [1.82, 2.24) is 40.4 Å². The van der Waals surface area contributed by atoms with Crippen LogP contribution < -0.4 is 10.6 Å². The molecule has 2 aromatic heterocycles. The Hall–Kier alpha value is -5.70. The largest absolute Gasteiger partial charge is 0.453 e. The summed E-state index contributed by atoms with van der Waals surface area (Å²) in [6.45, 7) is 2.22. The van der Waals surface area contributed by atoms with Gasteiger partial charge in [-0.2, -0.15) is 0 Å². The van der Waals surface area contributed by atoms with Crippen molar-refractivity contribution < 1.29 is 33.4 Å². The average Bonchev–Trinajstić information content (AvgIpc) is 4.11. The molecular formula is C44H54N8O7. The number of amides is 4. The van der Waals surface area contributed by atoms with Crippen molar-refractivity contribution >= 4 is 24.0 Å². The number of rotatable bonds is 7. The SMILES string of the molecule is COC(=O)NC1CCC(C(=O)N2CCC[C@H]2c2ncc(-c3ccc(-c4ccc(-c5nc6[nH]c5COCCCC[C@H](NC(=O)OC)C(=O)N5CCC[C@@H]65)cc4)cc3)[nH]2)CC1. The Morgan fingerprint density at radius 2 is 1.39 bits per heavy atom. The van der Waals surface area contributed by atoms with Crippen LogP contribution in [0.4, 0.5) is 9.59 Å². The van der Waals surface area contributed by atoms with Crippen LogP contribution in [0.25, 0.3) is 33.6 Å². The first-order valence-electron chi connectivity index (χ1n) is 21.0. The molecule has 5 heterocycles. The molecule has 3 atom stereocenters. The third-order valence-corrected chi connectivity index (χ3v) is 12.4. The zero-order chi connectivity index (χ0) is 40.9. The molecule has 0 spiro atoms. The van der Waals surface area contributed by atoms with E-state index in [1.807, 2.05) is 16.0 Å². The lowest BCUT2D eigenvalue weighted by Gasteiger charge is -2.32. The first-order valence-corrected chi connectivity index (χ1v) is 21.0. The molecule has 4 amide bonds. The summed E-state index contributed by atoms with van der Waals surface area (Å²) in [6, 6.07) is 15.8. The number of fused-ring (bicyclic) bond motifs is 4. The lowest BCUT2D eigenvalue weighted by molar-refractivity contribution is -0.138. The predicted molar refractivity (Wildman–Crippen MR) is 219 cm³/mol. The highest BCUT2D eigenvalue weighted by atomic mass is 16.5. The van der Waals surface area contributed by atoms with Crippen LogP contribution >= 0.6 is 0 Å². The number of carbonyl (C=O) groups is 4. The fraction of sp³-hybridized carbons (Fsp3) is 0.500. The van der Waals surface area contributed by atoms with E-state index in [0.717, 1.165) is 122 Å². The van der Waals surface area contributed by atoms with Gasteiger partial charge in [0.15, 0.2) is 0 Å². The second-order valence-corrected chi connectivity index (χ2v) is 16.1. The van der Waals surface area contributed by atoms with Gasteiger partial charge in [-0.15, -0.1) is 0 Å². The number of benzene rings is 2. The Morgan fingerprint density at radius 3 is 2.12 bits per heavy atom. The van der Waals surface area contributed by atoms with Crippen molar-refractivity contribution in [2.75, 3.05) is 33.9 Å². The highest BCUT2D eigenvalue weighted by Gasteiger charge is 2.38. The van der Waals surface area contributed by atoms with E-state index in [1.165, 1.54) is 14.2 Å². The summed E-state index contributed by atoms with van der Waals surface area (Å²) in [4.78, 5) is 71.9. The zero-order valence-electron chi connectivity index (χ0n) is 33.8. The molecule has 3 aliphatic heterocycles. The number of methoxy groups -OCH3 is 2. The maximum absolute atomic E-state index is 13.8. The van der Waals surface area contributed by atoms with Gasteiger partial charge in [0.05, 0.1) is 56.2 Å². The molecule has 4 N–H and O–H groups in total. The van der Waals surface area contributed by atoms with Gasteiger partial charge in [-0.1, -0.05) is 48.5 Å². The van der Waals surface area contributed by atoms with Gasteiger partial charge in [0.25, 0.3) is 0 Å². The first-order chi connectivity index (χ1) is 28.8. The van der Waals surface area contributed by atoms with E-state index in [2.05, 4.69) is 69.1 Å². The van der Waals surface area contributed by atoms with Crippen LogP contribution in [0.3, 0.4) is 0 Å². The van der Waals surface area contributed by atoms with Crippen molar-refractivity contribution in [3.63, 3.8) is 0 Å². The Morgan fingerprint density at radius 1 is 0.729 bits per heavy atom. The molecule has 8 rings (SSSR count). The topological polar surface area (TPSA) is 184 Å². The number of aromatic nitrogens is 4. The molecule has 15 heteroatoms. The number of nitrogens with one attached hydrogen (secondary N) is 4. The lowest BCUT2D eigenvalue weighted by atomic mass is 9.85. The van der Waals surface area contributed by atoms with E-state index in [1.54, 1.807) is 0 Å². The number of ether oxygens (including phenoxy) is 3. The predicted octanol–water partition coefficient (Wildman–Crippen LogP) is 6.80. The highest BCUT2D eigenvalue weighted by Crippen LogP contribution is 2.37. The summed E-state index contributed by atoms with van der Waals surface area (Å²) < 4.78 is 15.6. The second kappa shape index (κ2) is 18.1. The van der Waals surface area contributed by atoms with E-state index in [9.17, 15) is 19.2 Å². The molecule has 2 bridgehead atoms. The van der Waals surface area contributed by atoms with Crippen LogP contribution in [0.5, 0.6) is 0 Å². The molecule has 312 valence electrons. The number of likely N-dealkylation sites (tertiary alicyclic amines) is 1. The number of carbonyl (C=O) groups excluding carboxylic acids is 4. The van der Waals surface area contributed by atoms with Crippen molar-refractivity contribution in [2.45, 2.75) is 101 Å². The molecule has 0 unspecified atom stereocenters. The van der Waals surface area contributed by atoms with Gasteiger partial charge >= 0.3 is 12.2 Å². The zero-order valence-corrected chi connectivity index (χ0v) is 33.8.